The number of nitrogen functional groups attached to an aromatic ring is 1. The molecule has 0 heterocycles. The molecule has 1 rings (SSSR count). The van der Waals surface area contributed by atoms with E-state index in [-0.39, 0.29) is 12.4 Å². The highest BCUT2D eigenvalue weighted by atomic mass is 35.5. The van der Waals surface area contributed by atoms with Gasteiger partial charge in [0.25, 0.3) is 0 Å². The van der Waals surface area contributed by atoms with Crippen molar-refractivity contribution in [1.82, 2.24) is 0 Å². The highest BCUT2D eigenvalue weighted by molar-refractivity contribution is 6.42. The number of benzene rings is 1. The van der Waals surface area contributed by atoms with Crippen LogP contribution in [0.15, 0.2) is 12.1 Å². The van der Waals surface area contributed by atoms with Crippen LogP contribution in [0, 0.1) is 0 Å². The maximum Gasteiger partial charge on any atom is 0.0614 e. The van der Waals surface area contributed by atoms with Crippen LogP contribution in [0.25, 0.3) is 0 Å². The van der Waals surface area contributed by atoms with Gasteiger partial charge in [-0.15, -0.1) is 12.4 Å². The van der Waals surface area contributed by atoms with E-state index in [4.69, 9.17) is 28.9 Å². The Hall–Kier alpha value is -0.310. The Kier molecular flexibility index (Phi) is 4.53. The number of halogens is 3. The Morgan fingerprint density at radius 1 is 1.25 bits per heavy atom. The summed E-state index contributed by atoms with van der Waals surface area (Å²) in [4.78, 5) is 0. The first kappa shape index (κ1) is 11.7. The molecule has 0 spiro atoms. The number of nitrogens with one attached hydrogen (secondary N) is 1. The summed E-state index contributed by atoms with van der Waals surface area (Å²) in [5.41, 5.74) is 6.99. The Balaban J connectivity index is 0.00000121. The van der Waals surface area contributed by atoms with E-state index in [1.807, 2.05) is 0 Å². The van der Waals surface area contributed by atoms with Crippen molar-refractivity contribution >= 4 is 47.0 Å². The second-order valence-corrected chi connectivity index (χ2v) is 2.92. The Morgan fingerprint density at radius 3 is 2.25 bits per heavy atom. The number of hydrogen-bond acceptors (Lipinski definition) is 2. The van der Waals surface area contributed by atoms with Crippen LogP contribution in [-0.2, 0) is 0 Å². The van der Waals surface area contributed by atoms with Crippen molar-refractivity contribution in [3.8, 4) is 0 Å². The molecule has 68 valence electrons. The maximum atomic E-state index is 5.74. The molecule has 0 bridgehead atoms. The minimum Gasteiger partial charge on any atom is -0.397 e. The summed E-state index contributed by atoms with van der Waals surface area (Å²) in [5, 5.41) is 3.88. The molecule has 12 heavy (non-hydrogen) atoms. The van der Waals surface area contributed by atoms with Gasteiger partial charge in [0, 0.05) is 7.05 Å². The van der Waals surface area contributed by atoms with Crippen LogP contribution in [0.1, 0.15) is 0 Å². The zero-order chi connectivity index (χ0) is 8.43. The van der Waals surface area contributed by atoms with Crippen LogP contribution in [0.3, 0.4) is 0 Å². The van der Waals surface area contributed by atoms with Gasteiger partial charge in [-0.25, -0.2) is 0 Å². The molecule has 0 saturated carbocycles. The molecular formula is C7H9Cl3N2. The van der Waals surface area contributed by atoms with Crippen molar-refractivity contribution in [3.63, 3.8) is 0 Å². The smallest absolute Gasteiger partial charge is 0.0614 e. The fraction of sp³-hybridized carbons (Fsp3) is 0.143. The van der Waals surface area contributed by atoms with E-state index in [1.165, 1.54) is 0 Å². The monoisotopic (exact) mass is 226 g/mol. The van der Waals surface area contributed by atoms with Crippen LogP contribution in [-0.4, -0.2) is 7.05 Å². The average molecular weight is 228 g/mol. The summed E-state index contributed by atoms with van der Waals surface area (Å²) < 4.78 is 0. The van der Waals surface area contributed by atoms with E-state index in [0.717, 1.165) is 5.69 Å². The van der Waals surface area contributed by atoms with Crippen LogP contribution in [0.4, 0.5) is 11.4 Å². The predicted octanol–water partition coefficient (Wildman–Crippen LogP) is 3.04. The molecule has 0 saturated heterocycles. The largest absolute Gasteiger partial charge is 0.397 e. The topological polar surface area (TPSA) is 38.0 Å². The fourth-order valence-electron chi connectivity index (χ4n) is 0.779. The van der Waals surface area contributed by atoms with E-state index >= 15 is 0 Å². The summed E-state index contributed by atoms with van der Waals surface area (Å²) in [6.45, 7) is 0. The van der Waals surface area contributed by atoms with Gasteiger partial charge in [0.05, 0.1) is 21.4 Å². The third-order valence-corrected chi connectivity index (χ3v) is 2.08. The van der Waals surface area contributed by atoms with Crippen molar-refractivity contribution in [2.45, 2.75) is 0 Å². The molecule has 1 aromatic rings. The molecule has 0 amide bonds. The molecule has 0 radical (unpaired) electrons. The van der Waals surface area contributed by atoms with Gasteiger partial charge >= 0.3 is 0 Å². The average Bonchev–Trinajstić information content (AvgIpc) is 1.97. The second kappa shape index (κ2) is 4.65. The standard InChI is InChI=1S/C7H8Cl2N2.ClH/c1-11-7-3-5(9)4(8)2-6(7)10;/h2-3,11H,10H2,1H3;1H. The minimum atomic E-state index is 0. The van der Waals surface area contributed by atoms with Gasteiger partial charge in [-0.05, 0) is 12.1 Å². The number of hydrogen-bond donors (Lipinski definition) is 2. The molecule has 0 aromatic heterocycles. The lowest BCUT2D eigenvalue weighted by molar-refractivity contribution is 1.51. The first-order valence-electron chi connectivity index (χ1n) is 3.07. The second-order valence-electron chi connectivity index (χ2n) is 2.10. The summed E-state index contributed by atoms with van der Waals surface area (Å²) in [5.74, 6) is 0. The molecule has 0 unspecified atom stereocenters. The van der Waals surface area contributed by atoms with Gasteiger partial charge in [0.2, 0.25) is 0 Å². The maximum absolute atomic E-state index is 5.74. The fourth-order valence-corrected chi connectivity index (χ4v) is 1.11. The molecule has 0 atom stereocenters. The predicted molar refractivity (Wildman–Crippen MR) is 57.7 cm³/mol. The lowest BCUT2D eigenvalue weighted by atomic mass is 10.3. The molecule has 3 N–H and O–H groups in total. The first-order chi connectivity index (χ1) is 5.15. The van der Waals surface area contributed by atoms with Gasteiger partial charge in [0.15, 0.2) is 0 Å². The van der Waals surface area contributed by atoms with Gasteiger partial charge in [-0.1, -0.05) is 23.2 Å². The van der Waals surface area contributed by atoms with E-state index in [1.54, 1.807) is 19.2 Å². The minimum absolute atomic E-state index is 0. The molecule has 0 aliphatic heterocycles. The van der Waals surface area contributed by atoms with Crippen molar-refractivity contribution < 1.29 is 0 Å². The van der Waals surface area contributed by atoms with Gasteiger partial charge < -0.3 is 11.1 Å². The van der Waals surface area contributed by atoms with E-state index in [0.29, 0.717) is 15.7 Å². The quantitative estimate of drug-likeness (QED) is 0.724. The Morgan fingerprint density at radius 2 is 1.75 bits per heavy atom. The summed E-state index contributed by atoms with van der Waals surface area (Å²) in [6, 6.07) is 3.31. The summed E-state index contributed by atoms with van der Waals surface area (Å²) in [6.07, 6.45) is 0. The highest BCUT2D eigenvalue weighted by Gasteiger charge is 2.02. The van der Waals surface area contributed by atoms with Crippen molar-refractivity contribution in [2.75, 3.05) is 18.1 Å². The van der Waals surface area contributed by atoms with Crippen molar-refractivity contribution in [3.05, 3.63) is 22.2 Å². The summed E-state index contributed by atoms with van der Waals surface area (Å²) in [7, 11) is 1.77. The van der Waals surface area contributed by atoms with E-state index < -0.39 is 0 Å². The SMILES string of the molecule is CNc1cc(Cl)c(Cl)cc1N.Cl. The molecule has 0 fully saturated rings. The number of nitrogens with two attached hydrogens (primary N) is 1. The third kappa shape index (κ3) is 2.34. The van der Waals surface area contributed by atoms with Crippen LogP contribution >= 0.6 is 35.6 Å². The zero-order valence-corrected chi connectivity index (χ0v) is 8.72. The Bertz CT molecular complexity index is 276. The molecular weight excluding hydrogens is 218 g/mol. The third-order valence-electron chi connectivity index (χ3n) is 1.36. The summed E-state index contributed by atoms with van der Waals surface area (Å²) >= 11 is 11.4. The first-order valence-corrected chi connectivity index (χ1v) is 3.83. The molecule has 1 aromatic carbocycles. The molecule has 2 nitrogen and oxygen atoms in total. The molecule has 0 aliphatic carbocycles. The van der Waals surface area contributed by atoms with Gasteiger partial charge in [-0.3, -0.25) is 0 Å². The lowest BCUT2D eigenvalue weighted by Crippen LogP contribution is -1.95. The van der Waals surface area contributed by atoms with Crippen LogP contribution < -0.4 is 11.1 Å². The Labute approximate surface area is 87.4 Å². The van der Waals surface area contributed by atoms with Gasteiger partial charge in [0.1, 0.15) is 0 Å². The normalized spacial score (nSPS) is 8.92. The lowest BCUT2D eigenvalue weighted by Gasteiger charge is -2.05. The molecule has 0 aliphatic rings. The van der Waals surface area contributed by atoms with Crippen LogP contribution in [0.5, 0.6) is 0 Å². The van der Waals surface area contributed by atoms with Crippen molar-refractivity contribution in [2.24, 2.45) is 0 Å². The van der Waals surface area contributed by atoms with E-state index in [2.05, 4.69) is 5.32 Å². The van der Waals surface area contributed by atoms with Gasteiger partial charge in [-0.2, -0.15) is 0 Å². The van der Waals surface area contributed by atoms with Crippen molar-refractivity contribution in [1.29, 1.82) is 0 Å². The number of rotatable bonds is 1. The van der Waals surface area contributed by atoms with E-state index in [9.17, 15) is 0 Å². The molecule has 5 heteroatoms. The number of anilines is 2. The zero-order valence-electron chi connectivity index (χ0n) is 6.40. The van der Waals surface area contributed by atoms with Crippen LogP contribution in [0.2, 0.25) is 10.0 Å². The highest BCUT2D eigenvalue weighted by Crippen LogP contribution is 2.30.